The number of carbonyl (C=O) groups excluding carboxylic acids is 2. The number of carboxylic acid groups (broad SMARTS) is 2. The number of esters is 2. The van der Waals surface area contributed by atoms with E-state index in [-0.39, 0.29) is 12.8 Å². The maximum absolute atomic E-state index is 11.3. The lowest BCUT2D eigenvalue weighted by Gasteiger charge is -2.12. The highest BCUT2D eigenvalue weighted by molar-refractivity contribution is 5.98. The molecule has 0 aliphatic rings. The summed E-state index contributed by atoms with van der Waals surface area (Å²) in [6.07, 6.45) is -0.0396. The predicted molar refractivity (Wildman–Crippen MR) is 72.2 cm³/mol. The van der Waals surface area contributed by atoms with E-state index in [4.69, 9.17) is 19.7 Å². The number of hydrogen-bond acceptors (Lipinski definition) is 6. The topological polar surface area (TPSA) is 127 Å². The van der Waals surface area contributed by atoms with Crippen LogP contribution in [0.15, 0.2) is 12.1 Å². The standard InChI is InChI=1S/C14H14O8/c1-3-11(15)21-9-5-8(14(19)20)10(22-12(16)4-2)6-7(9)13(17)18/h5-6H,3-4H2,1-2H3,(H,17,18)(H,19,20). The maximum Gasteiger partial charge on any atom is 0.339 e. The number of carboxylic acids is 2. The number of carbonyl (C=O) groups is 4. The van der Waals surface area contributed by atoms with Crippen LogP contribution >= 0.6 is 0 Å². The maximum atomic E-state index is 11.3. The van der Waals surface area contributed by atoms with Crippen molar-refractivity contribution in [2.24, 2.45) is 0 Å². The first kappa shape index (κ1) is 17.2. The van der Waals surface area contributed by atoms with Crippen molar-refractivity contribution in [3.63, 3.8) is 0 Å². The fourth-order valence-electron chi connectivity index (χ4n) is 1.45. The molecule has 0 radical (unpaired) electrons. The fraction of sp³-hybridized carbons (Fsp3) is 0.286. The zero-order valence-corrected chi connectivity index (χ0v) is 11.9. The van der Waals surface area contributed by atoms with Crippen LogP contribution in [0.3, 0.4) is 0 Å². The summed E-state index contributed by atoms with van der Waals surface area (Å²) in [6.45, 7) is 3.00. The van der Waals surface area contributed by atoms with Gasteiger partial charge in [0.25, 0.3) is 0 Å². The van der Waals surface area contributed by atoms with Crippen LogP contribution < -0.4 is 9.47 Å². The quantitative estimate of drug-likeness (QED) is 0.600. The number of rotatable bonds is 6. The average molecular weight is 310 g/mol. The third-order valence-corrected chi connectivity index (χ3v) is 2.57. The Bertz CT molecular complexity index is 576. The van der Waals surface area contributed by atoms with E-state index in [2.05, 4.69) is 0 Å². The van der Waals surface area contributed by atoms with Crippen LogP contribution in [0.4, 0.5) is 0 Å². The largest absolute Gasteiger partial charge is 0.478 e. The van der Waals surface area contributed by atoms with Crippen LogP contribution in [0.1, 0.15) is 47.4 Å². The van der Waals surface area contributed by atoms with Gasteiger partial charge in [0.1, 0.15) is 22.6 Å². The number of aromatic carboxylic acids is 2. The van der Waals surface area contributed by atoms with Gasteiger partial charge in [0.15, 0.2) is 0 Å². The fourth-order valence-corrected chi connectivity index (χ4v) is 1.45. The molecule has 0 spiro atoms. The Kier molecular flexibility index (Phi) is 5.62. The summed E-state index contributed by atoms with van der Waals surface area (Å²) in [5, 5.41) is 18.2. The van der Waals surface area contributed by atoms with Gasteiger partial charge in [-0.05, 0) is 0 Å². The highest BCUT2D eigenvalue weighted by Gasteiger charge is 2.23. The average Bonchev–Trinajstić information content (AvgIpc) is 2.47. The van der Waals surface area contributed by atoms with Crippen molar-refractivity contribution < 1.29 is 38.9 Å². The molecule has 0 aliphatic carbocycles. The molecule has 1 aromatic carbocycles. The summed E-state index contributed by atoms with van der Waals surface area (Å²) in [4.78, 5) is 45.0. The molecule has 8 nitrogen and oxygen atoms in total. The molecule has 0 saturated carbocycles. The highest BCUT2D eigenvalue weighted by atomic mass is 16.5. The molecule has 0 heterocycles. The predicted octanol–water partition coefficient (Wildman–Crippen LogP) is 1.71. The Labute approximate surface area is 125 Å². The van der Waals surface area contributed by atoms with E-state index in [1.807, 2.05) is 0 Å². The molecule has 0 aromatic heterocycles. The number of ether oxygens (including phenoxy) is 2. The Balaban J connectivity index is 3.43. The van der Waals surface area contributed by atoms with Gasteiger partial charge in [-0.2, -0.15) is 0 Å². The van der Waals surface area contributed by atoms with E-state index in [1.54, 1.807) is 0 Å². The van der Waals surface area contributed by atoms with Crippen LogP contribution in [0.2, 0.25) is 0 Å². The van der Waals surface area contributed by atoms with Crippen LogP contribution in [0.25, 0.3) is 0 Å². The molecule has 8 heteroatoms. The molecule has 0 aliphatic heterocycles. The van der Waals surface area contributed by atoms with Crippen LogP contribution in [0.5, 0.6) is 11.5 Å². The van der Waals surface area contributed by atoms with Crippen LogP contribution in [0, 0.1) is 0 Å². The summed E-state index contributed by atoms with van der Waals surface area (Å²) < 4.78 is 9.62. The molecular weight excluding hydrogens is 296 g/mol. The van der Waals surface area contributed by atoms with Gasteiger partial charge in [-0.3, -0.25) is 9.59 Å². The van der Waals surface area contributed by atoms with Crippen molar-refractivity contribution in [3.05, 3.63) is 23.3 Å². The first-order valence-corrected chi connectivity index (χ1v) is 6.36. The van der Waals surface area contributed by atoms with Crippen molar-refractivity contribution in [3.8, 4) is 11.5 Å². The molecule has 0 saturated heterocycles. The molecule has 2 N–H and O–H groups in total. The minimum atomic E-state index is -1.45. The van der Waals surface area contributed by atoms with Crippen molar-refractivity contribution in [2.75, 3.05) is 0 Å². The van der Waals surface area contributed by atoms with Gasteiger partial charge in [0.05, 0.1) is 0 Å². The summed E-state index contributed by atoms with van der Waals surface area (Å²) in [5.74, 6) is -5.20. The first-order valence-electron chi connectivity index (χ1n) is 6.36. The molecule has 1 aromatic rings. The summed E-state index contributed by atoms with van der Waals surface area (Å²) in [6, 6.07) is 1.69. The lowest BCUT2D eigenvalue weighted by Crippen LogP contribution is -2.14. The normalized spacial score (nSPS) is 9.91. The van der Waals surface area contributed by atoms with E-state index in [1.165, 1.54) is 13.8 Å². The second-order valence-corrected chi connectivity index (χ2v) is 4.11. The van der Waals surface area contributed by atoms with Crippen molar-refractivity contribution in [1.29, 1.82) is 0 Å². The SMILES string of the molecule is CCC(=O)Oc1cc(C(=O)O)c(OC(=O)CC)cc1C(=O)O. The van der Waals surface area contributed by atoms with Gasteiger partial charge in [0.2, 0.25) is 0 Å². The number of hydrogen-bond donors (Lipinski definition) is 2. The second kappa shape index (κ2) is 7.21. The molecule has 0 unspecified atom stereocenters. The van der Waals surface area contributed by atoms with Crippen molar-refractivity contribution in [1.82, 2.24) is 0 Å². The minimum absolute atomic E-state index is 0.0198. The third-order valence-electron chi connectivity index (χ3n) is 2.57. The van der Waals surface area contributed by atoms with E-state index in [0.717, 1.165) is 12.1 Å². The van der Waals surface area contributed by atoms with Gasteiger partial charge >= 0.3 is 23.9 Å². The molecule has 0 amide bonds. The lowest BCUT2D eigenvalue weighted by molar-refractivity contribution is -0.135. The van der Waals surface area contributed by atoms with Gasteiger partial charge < -0.3 is 19.7 Å². The molecule has 0 bridgehead atoms. The van der Waals surface area contributed by atoms with Gasteiger partial charge in [-0.15, -0.1) is 0 Å². The Hall–Kier alpha value is -2.90. The van der Waals surface area contributed by atoms with Crippen molar-refractivity contribution in [2.45, 2.75) is 26.7 Å². The third kappa shape index (κ3) is 4.05. The van der Waals surface area contributed by atoms with Gasteiger partial charge in [-0.25, -0.2) is 9.59 Å². The van der Waals surface area contributed by atoms with Crippen LogP contribution in [-0.2, 0) is 9.59 Å². The Morgan fingerprint density at radius 2 is 1.14 bits per heavy atom. The molecule has 118 valence electrons. The number of benzene rings is 1. The molecule has 0 atom stereocenters. The Morgan fingerprint density at radius 3 is 1.36 bits per heavy atom. The molecule has 1 rings (SSSR count). The van der Waals surface area contributed by atoms with Gasteiger partial charge in [-0.1, -0.05) is 13.8 Å². The van der Waals surface area contributed by atoms with E-state index in [0.29, 0.717) is 0 Å². The first-order chi connectivity index (χ1) is 10.3. The summed E-state index contributed by atoms with van der Waals surface area (Å²) in [7, 11) is 0. The van der Waals surface area contributed by atoms with Gasteiger partial charge in [0, 0.05) is 25.0 Å². The Morgan fingerprint density at radius 1 is 0.818 bits per heavy atom. The van der Waals surface area contributed by atoms with Crippen LogP contribution in [-0.4, -0.2) is 34.1 Å². The zero-order chi connectivity index (χ0) is 16.9. The van der Waals surface area contributed by atoms with E-state index >= 15 is 0 Å². The van der Waals surface area contributed by atoms with E-state index < -0.39 is 46.5 Å². The summed E-state index contributed by atoms with van der Waals surface area (Å²) in [5.41, 5.74) is -0.962. The monoisotopic (exact) mass is 310 g/mol. The highest BCUT2D eigenvalue weighted by Crippen LogP contribution is 2.30. The van der Waals surface area contributed by atoms with E-state index in [9.17, 15) is 19.2 Å². The lowest BCUT2D eigenvalue weighted by atomic mass is 10.1. The minimum Gasteiger partial charge on any atom is -0.478 e. The second-order valence-electron chi connectivity index (χ2n) is 4.11. The molecule has 22 heavy (non-hydrogen) atoms. The smallest absolute Gasteiger partial charge is 0.339 e. The molecular formula is C14H14O8. The molecule has 0 fully saturated rings. The summed E-state index contributed by atoms with van der Waals surface area (Å²) >= 11 is 0. The van der Waals surface area contributed by atoms with Crippen molar-refractivity contribution >= 4 is 23.9 Å². The zero-order valence-electron chi connectivity index (χ0n) is 11.9.